The van der Waals surface area contributed by atoms with Crippen LogP contribution in [-0.4, -0.2) is 25.0 Å². The Balaban J connectivity index is 2.19. The highest BCUT2D eigenvalue weighted by Crippen LogP contribution is 2.29. The molecular weight excluding hydrogens is 406 g/mol. The summed E-state index contributed by atoms with van der Waals surface area (Å²) >= 11 is 11.8. The Hall–Kier alpha value is -2.25. The van der Waals surface area contributed by atoms with Crippen molar-refractivity contribution < 1.29 is 27.5 Å². The molecule has 1 amide bonds. The zero-order valence-corrected chi connectivity index (χ0v) is 15.5. The van der Waals surface area contributed by atoms with Crippen LogP contribution in [0.2, 0.25) is 10.0 Å². The van der Waals surface area contributed by atoms with E-state index in [0.29, 0.717) is 5.56 Å². The first-order valence-electron chi connectivity index (χ1n) is 7.61. The van der Waals surface area contributed by atoms with Crippen LogP contribution in [0.5, 0.6) is 0 Å². The second-order valence-corrected chi connectivity index (χ2v) is 6.42. The lowest BCUT2D eigenvalue weighted by Crippen LogP contribution is -2.43. The van der Waals surface area contributed by atoms with Crippen molar-refractivity contribution in [3.8, 4) is 0 Å². The Morgan fingerprint density at radius 3 is 2.30 bits per heavy atom. The molecule has 2 aromatic carbocycles. The molecule has 0 aromatic heterocycles. The van der Waals surface area contributed by atoms with Gasteiger partial charge in [0, 0.05) is 11.4 Å². The van der Waals surface area contributed by atoms with E-state index in [9.17, 15) is 22.8 Å². The third-order valence-electron chi connectivity index (χ3n) is 3.69. The lowest BCUT2D eigenvalue weighted by Gasteiger charge is -2.17. The molecule has 0 aliphatic carbocycles. The zero-order valence-electron chi connectivity index (χ0n) is 13.9. The molecule has 27 heavy (non-hydrogen) atoms. The van der Waals surface area contributed by atoms with Gasteiger partial charge in [-0.05, 0) is 35.9 Å². The molecule has 0 unspecified atom stereocenters. The Kier molecular flexibility index (Phi) is 6.73. The molecular formula is C18H14Cl2F3NO3. The van der Waals surface area contributed by atoms with Crippen LogP contribution in [0, 0.1) is 0 Å². The first kappa shape index (κ1) is 21.1. The lowest BCUT2D eigenvalue weighted by atomic mass is 10.0. The smallest absolute Gasteiger partial charge is 0.416 e. The standard InChI is InChI=1S/C18H14Cl2F3NO3/c1-27-17(26)15(8-10-2-4-11(5-3-10)18(21,22)23)24-16(25)13-9-12(19)6-7-14(13)20/h2-7,9,15H,8H2,1H3,(H,24,25)/t15-/m0/s1. The van der Waals surface area contributed by atoms with Crippen molar-refractivity contribution in [3.05, 3.63) is 69.2 Å². The molecule has 0 spiro atoms. The molecule has 2 aromatic rings. The van der Waals surface area contributed by atoms with E-state index in [-0.39, 0.29) is 22.0 Å². The summed E-state index contributed by atoms with van der Waals surface area (Å²) in [7, 11) is 1.14. The number of methoxy groups -OCH3 is 1. The molecule has 4 nitrogen and oxygen atoms in total. The number of benzene rings is 2. The van der Waals surface area contributed by atoms with E-state index < -0.39 is 29.7 Å². The third-order valence-corrected chi connectivity index (χ3v) is 4.25. The van der Waals surface area contributed by atoms with Crippen molar-refractivity contribution in [3.63, 3.8) is 0 Å². The molecule has 9 heteroatoms. The van der Waals surface area contributed by atoms with Crippen molar-refractivity contribution in [2.24, 2.45) is 0 Å². The molecule has 2 rings (SSSR count). The van der Waals surface area contributed by atoms with E-state index in [2.05, 4.69) is 10.1 Å². The van der Waals surface area contributed by atoms with E-state index in [1.54, 1.807) is 0 Å². The minimum absolute atomic E-state index is 0.0606. The summed E-state index contributed by atoms with van der Waals surface area (Å²) in [6, 6.07) is 7.43. The number of halogens is 5. The summed E-state index contributed by atoms with van der Waals surface area (Å²) in [5.41, 5.74) is -0.336. The summed E-state index contributed by atoms with van der Waals surface area (Å²) in [6.07, 6.45) is -4.52. The van der Waals surface area contributed by atoms with Gasteiger partial charge >= 0.3 is 12.1 Å². The van der Waals surface area contributed by atoms with Gasteiger partial charge in [0.15, 0.2) is 0 Å². The maximum atomic E-state index is 12.6. The molecule has 0 bridgehead atoms. The number of alkyl halides is 3. The van der Waals surface area contributed by atoms with Crippen LogP contribution in [0.4, 0.5) is 13.2 Å². The van der Waals surface area contributed by atoms with Crippen molar-refractivity contribution in [1.29, 1.82) is 0 Å². The van der Waals surface area contributed by atoms with E-state index in [0.717, 1.165) is 19.2 Å². The summed E-state index contributed by atoms with van der Waals surface area (Å²) in [5.74, 6) is -1.41. The third kappa shape index (κ3) is 5.61. The molecule has 0 heterocycles. The van der Waals surface area contributed by atoms with Crippen molar-refractivity contribution in [2.45, 2.75) is 18.6 Å². The molecule has 144 valence electrons. The Morgan fingerprint density at radius 1 is 1.11 bits per heavy atom. The molecule has 0 aliphatic heterocycles. The highest BCUT2D eigenvalue weighted by Gasteiger charge is 2.30. The lowest BCUT2D eigenvalue weighted by molar-refractivity contribution is -0.143. The van der Waals surface area contributed by atoms with E-state index in [1.165, 1.54) is 30.3 Å². The number of rotatable bonds is 5. The first-order chi connectivity index (χ1) is 12.6. The van der Waals surface area contributed by atoms with E-state index in [1.807, 2.05) is 0 Å². The van der Waals surface area contributed by atoms with Gasteiger partial charge in [0.05, 0.1) is 23.3 Å². The minimum atomic E-state index is -4.46. The molecule has 0 radical (unpaired) electrons. The van der Waals surface area contributed by atoms with Gasteiger partial charge in [-0.3, -0.25) is 4.79 Å². The second-order valence-electron chi connectivity index (χ2n) is 5.57. The molecule has 0 saturated carbocycles. The average Bonchev–Trinajstić information content (AvgIpc) is 2.62. The van der Waals surface area contributed by atoms with Crippen LogP contribution in [-0.2, 0) is 22.1 Å². The summed E-state index contributed by atoms with van der Waals surface area (Å²) in [4.78, 5) is 24.4. The Bertz CT molecular complexity index is 839. The topological polar surface area (TPSA) is 55.4 Å². The Labute approximate surface area is 163 Å². The zero-order chi connectivity index (χ0) is 20.2. The number of carbonyl (C=O) groups excluding carboxylic acids is 2. The van der Waals surface area contributed by atoms with Gasteiger partial charge in [-0.1, -0.05) is 35.3 Å². The van der Waals surface area contributed by atoms with E-state index in [4.69, 9.17) is 23.2 Å². The fourth-order valence-electron chi connectivity index (χ4n) is 2.31. The largest absolute Gasteiger partial charge is 0.467 e. The normalized spacial score (nSPS) is 12.4. The van der Waals surface area contributed by atoms with E-state index >= 15 is 0 Å². The SMILES string of the molecule is COC(=O)[C@H](Cc1ccc(C(F)(F)F)cc1)NC(=O)c1cc(Cl)ccc1Cl. The summed E-state index contributed by atoms with van der Waals surface area (Å²) in [6.45, 7) is 0. The molecule has 1 N–H and O–H groups in total. The molecule has 0 fully saturated rings. The summed E-state index contributed by atoms with van der Waals surface area (Å²) < 4.78 is 42.6. The first-order valence-corrected chi connectivity index (χ1v) is 8.37. The molecule has 0 saturated heterocycles. The van der Waals surface area contributed by atoms with Crippen molar-refractivity contribution >= 4 is 35.1 Å². The predicted octanol–water partition coefficient (Wildman–Crippen LogP) is 4.53. The fraction of sp³-hybridized carbons (Fsp3) is 0.222. The van der Waals surface area contributed by atoms with Gasteiger partial charge in [-0.15, -0.1) is 0 Å². The van der Waals surface area contributed by atoms with Crippen LogP contribution >= 0.6 is 23.2 Å². The molecule has 0 aliphatic rings. The maximum Gasteiger partial charge on any atom is 0.416 e. The van der Waals surface area contributed by atoms with Gasteiger partial charge in [0.1, 0.15) is 6.04 Å². The molecule has 1 atom stereocenters. The number of hydrogen-bond donors (Lipinski definition) is 1. The van der Waals surface area contributed by atoms with Gasteiger partial charge in [0.2, 0.25) is 0 Å². The minimum Gasteiger partial charge on any atom is -0.467 e. The quantitative estimate of drug-likeness (QED) is 0.724. The van der Waals surface area contributed by atoms with Crippen LogP contribution in [0.25, 0.3) is 0 Å². The van der Waals surface area contributed by atoms with Crippen LogP contribution in [0.1, 0.15) is 21.5 Å². The number of amides is 1. The fourth-order valence-corrected chi connectivity index (χ4v) is 2.68. The highest BCUT2D eigenvalue weighted by molar-refractivity contribution is 6.35. The van der Waals surface area contributed by atoms with Crippen LogP contribution < -0.4 is 5.32 Å². The maximum absolute atomic E-state index is 12.6. The number of esters is 1. The number of ether oxygens (including phenoxy) is 1. The second kappa shape index (κ2) is 8.63. The number of hydrogen-bond acceptors (Lipinski definition) is 3. The van der Waals surface area contributed by atoms with Gasteiger partial charge in [-0.2, -0.15) is 13.2 Å². The number of carbonyl (C=O) groups is 2. The average molecular weight is 420 g/mol. The van der Waals surface area contributed by atoms with Crippen LogP contribution in [0.15, 0.2) is 42.5 Å². The van der Waals surface area contributed by atoms with Crippen molar-refractivity contribution in [1.82, 2.24) is 5.32 Å². The van der Waals surface area contributed by atoms with Crippen LogP contribution in [0.3, 0.4) is 0 Å². The van der Waals surface area contributed by atoms with Gasteiger partial charge < -0.3 is 10.1 Å². The highest BCUT2D eigenvalue weighted by atomic mass is 35.5. The van der Waals surface area contributed by atoms with Crippen molar-refractivity contribution in [2.75, 3.05) is 7.11 Å². The summed E-state index contributed by atoms with van der Waals surface area (Å²) in [5, 5.41) is 2.88. The van der Waals surface area contributed by atoms with Gasteiger partial charge in [0.25, 0.3) is 5.91 Å². The monoisotopic (exact) mass is 419 g/mol. The predicted molar refractivity (Wildman–Crippen MR) is 94.9 cm³/mol. The Morgan fingerprint density at radius 2 is 1.74 bits per heavy atom. The van der Waals surface area contributed by atoms with Gasteiger partial charge in [-0.25, -0.2) is 4.79 Å². The number of nitrogens with one attached hydrogen (secondary N) is 1.